The first-order chi connectivity index (χ1) is 7.83. The third kappa shape index (κ3) is 10.00. The van der Waals surface area contributed by atoms with Crippen LogP contribution in [0.15, 0.2) is 0 Å². The first-order valence-electron chi connectivity index (χ1n) is 5.85. The number of halogens is 1. The average Bonchev–Trinajstić information content (AvgIpc) is 2.25. The van der Waals surface area contributed by atoms with Crippen LogP contribution >= 0.6 is 15.9 Å². The Bertz CT molecular complexity index is 291. The highest BCUT2D eigenvalue weighted by atomic mass is 79.9. The van der Waals surface area contributed by atoms with E-state index in [1.54, 1.807) is 7.11 Å². The standard InChI is InChI=1S/C11H24BrNO3S/c1-11(2,6-4-7-12)10-13-17(14,15)9-5-8-16-3/h13H,4-10H2,1-3H3. The molecule has 0 aliphatic carbocycles. The molecule has 104 valence electrons. The van der Waals surface area contributed by atoms with Gasteiger partial charge < -0.3 is 4.74 Å². The Kier molecular flexibility index (Phi) is 8.63. The zero-order chi connectivity index (χ0) is 13.4. The second-order valence-corrected chi connectivity index (χ2v) is 7.66. The highest BCUT2D eigenvalue weighted by Crippen LogP contribution is 2.21. The topological polar surface area (TPSA) is 55.4 Å². The summed E-state index contributed by atoms with van der Waals surface area (Å²) < 4.78 is 30.8. The molecule has 0 saturated carbocycles. The lowest BCUT2D eigenvalue weighted by molar-refractivity contribution is 0.199. The molecule has 0 aliphatic heterocycles. The highest BCUT2D eigenvalue weighted by Gasteiger charge is 2.20. The van der Waals surface area contributed by atoms with E-state index in [4.69, 9.17) is 4.74 Å². The molecule has 1 N–H and O–H groups in total. The molecule has 0 amide bonds. The normalized spacial score (nSPS) is 12.9. The monoisotopic (exact) mass is 329 g/mol. The number of sulfonamides is 1. The molecule has 17 heavy (non-hydrogen) atoms. The molecular formula is C11H24BrNO3S. The van der Waals surface area contributed by atoms with Gasteiger partial charge in [-0.25, -0.2) is 13.1 Å². The van der Waals surface area contributed by atoms with Crippen molar-refractivity contribution in [1.82, 2.24) is 4.72 Å². The SMILES string of the molecule is COCCCS(=O)(=O)NCC(C)(C)CCCBr. The molecule has 0 spiro atoms. The number of rotatable bonds is 10. The summed E-state index contributed by atoms with van der Waals surface area (Å²) in [6.45, 7) is 5.13. The predicted molar refractivity (Wildman–Crippen MR) is 75.1 cm³/mol. The Morgan fingerprint density at radius 2 is 1.94 bits per heavy atom. The zero-order valence-electron chi connectivity index (χ0n) is 11.0. The van der Waals surface area contributed by atoms with Crippen molar-refractivity contribution < 1.29 is 13.2 Å². The van der Waals surface area contributed by atoms with Crippen molar-refractivity contribution in [3.8, 4) is 0 Å². The quantitative estimate of drug-likeness (QED) is 0.493. The van der Waals surface area contributed by atoms with E-state index < -0.39 is 10.0 Å². The number of ether oxygens (including phenoxy) is 1. The van der Waals surface area contributed by atoms with Gasteiger partial charge in [0.25, 0.3) is 0 Å². The molecule has 0 bridgehead atoms. The van der Waals surface area contributed by atoms with E-state index in [9.17, 15) is 8.42 Å². The Morgan fingerprint density at radius 3 is 2.47 bits per heavy atom. The Balaban J connectivity index is 3.99. The van der Waals surface area contributed by atoms with Crippen LogP contribution in [0.2, 0.25) is 0 Å². The van der Waals surface area contributed by atoms with Crippen LogP contribution in [0.25, 0.3) is 0 Å². The van der Waals surface area contributed by atoms with Gasteiger partial charge in [0.15, 0.2) is 0 Å². The molecule has 6 heteroatoms. The molecule has 0 aliphatic rings. The average molecular weight is 330 g/mol. The lowest BCUT2D eigenvalue weighted by Crippen LogP contribution is -2.35. The Morgan fingerprint density at radius 1 is 1.29 bits per heavy atom. The van der Waals surface area contributed by atoms with Gasteiger partial charge >= 0.3 is 0 Å². The third-order valence-electron chi connectivity index (χ3n) is 2.52. The van der Waals surface area contributed by atoms with Crippen molar-refractivity contribution in [2.24, 2.45) is 5.41 Å². The van der Waals surface area contributed by atoms with Crippen LogP contribution in [-0.4, -0.2) is 39.8 Å². The molecule has 0 heterocycles. The summed E-state index contributed by atoms with van der Waals surface area (Å²) in [6, 6.07) is 0. The van der Waals surface area contributed by atoms with E-state index >= 15 is 0 Å². The number of nitrogens with one attached hydrogen (secondary N) is 1. The van der Waals surface area contributed by atoms with E-state index in [2.05, 4.69) is 34.5 Å². The molecule has 4 nitrogen and oxygen atoms in total. The summed E-state index contributed by atoms with van der Waals surface area (Å²) in [5, 5.41) is 0.955. The Hall–Kier alpha value is 0.350. The van der Waals surface area contributed by atoms with E-state index in [-0.39, 0.29) is 11.2 Å². The van der Waals surface area contributed by atoms with Gasteiger partial charge in [-0.3, -0.25) is 0 Å². The van der Waals surface area contributed by atoms with Crippen LogP contribution in [0.5, 0.6) is 0 Å². The van der Waals surface area contributed by atoms with Crippen LogP contribution in [0.1, 0.15) is 33.1 Å². The van der Waals surface area contributed by atoms with Crippen LogP contribution in [-0.2, 0) is 14.8 Å². The fourth-order valence-electron chi connectivity index (χ4n) is 1.40. The molecule has 0 aromatic carbocycles. The number of hydrogen-bond acceptors (Lipinski definition) is 3. The first kappa shape index (κ1) is 17.4. The summed E-state index contributed by atoms with van der Waals surface area (Å²) in [4.78, 5) is 0. The molecule has 0 aromatic heterocycles. The summed E-state index contributed by atoms with van der Waals surface area (Å²) in [5.41, 5.74) is 0.00208. The van der Waals surface area contributed by atoms with Gasteiger partial charge in [-0.15, -0.1) is 0 Å². The number of alkyl halides is 1. The summed E-state index contributed by atoms with van der Waals surface area (Å²) in [6.07, 6.45) is 2.59. The second-order valence-electron chi connectivity index (χ2n) is 4.94. The maximum Gasteiger partial charge on any atom is 0.211 e. The van der Waals surface area contributed by atoms with Gasteiger partial charge in [-0.2, -0.15) is 0 Å². The lowest BCUT2D eigenvalue weighted by atomic mass is 9.88. The van der Waals surface area contributed by atoms with Gasteiger partial charge in [0, 0.05) is 25.6 Å². The van der Waals surface area contributed by atoms with E-state index in [1.165, 1.54) is 0 Å². The minimum Gasteiger partial charge on any atom is -0.385 e. The molecular weight excluding hydrogens is 306 g/mol. The van der Waals surface area contributed by atoms with Gasteiger partial charge in [-0.1, -0.05) is 29.8 Å². The van der Waals surface area contributed by atoms with Gasteiger partial charge in [0.1, 0.15) is 0 Å². The molecule has 0 aromatic rings. The highest BCUT2D eigenvalue weighted by molar-refractivity contribution is 9.09. The molecule has 0 fully saturated rings. The first-order valence-corrected chi connectivity index (χ1v) is 8.62. The summed E-state index contributed by atoms with van der Waals surface area (Å²) in [7, 11) is -1.58. The van der Waals surface area contributed by atoms with Gasteiger partial charge in [-0.05, 0) is 24.7 Å². The van der Waals surface area contributed by atoms with Crippen molar-refractivity contribution in [1.29, 1.82) is 0 Å². The fraction of sp³-hybridized carbons (Fsp3) is 1.00. The van der Waals surface area contributed by atoms with Gasteiger partial charge in [0.05, 0.1) is 5.75 Å². The van der Waals surface area contributed by atoms with E-state index in [1.807, 2.05) is 0 Å². The van der Waals surface area contributed by atoms with Gasteiger partial charge in [0.2, 0.25) is 10.0 Å². The van der Waals surface area contributed by atoms with Crippen molar-refractivity contribution >= 4 is 26.0 Å². The minimum atomic E-state index is -3.15. The largest absolute Gasteiger partial charge is 0.385 e. The maximum atomic E-state index is 11.6. The number of methoxy groups -OCH3 is 1. The minimum absolute atomic E-state index is 0.00208. The van der Waals surface area contributed by atoms with Crippen LogP contribution in [0.3, 0.4) is 0 Å². The molecule has 0 radical (unpaired) electrons. The smallest absolute Gasteiger partial charge is 0.211 e. The zero-order valence-corrected chi connectivity index (χ0v) is 13.4. The van der Waals surface area contributed by atoms with E-state index in [0.717, 1.165) is 18.2 Å². The van der Waals surface area contributed by atoms with Crippen molar-refractivity contribution in [3.05, 3.63) is 0 Å². The third-order valence-corrected chi connectivity index (χ3v) is 4.49. The molecule has 0 unspecified atom stereocenters. The van der Waals surface area contributed by atoms with E-state index in [0.29, 0.717) is 19.6 Å². The maximum absolute atomic E-state index is 11.6. The Labute approximate surface area is 114 Å². The summed E-state index contributed by atoms with van der Waals surface area (Å²) in [5.74, 6) is 0.134. The van der Waals surface area contributed by atoms with Crippen molar-refractivity contribution in [3.63, 3.8) is 0 Å². The van der Waals surface area contributed by atoms with Crippen LogP contribution in [0.4, 0.5) is 0 Å². The fourth-order valence-corrected chi connectivity index (χ4v) is 2.94. The lowest BCUT2D eigenvalue weighted by Gasteiger charge is -2.24. The van der Waals surface area contributed by atoms with Crippen molar-refractivity contribution in [2.45, 2.75) is 33.1 Å². The van der Waals surface area contributed by atoms with Crippen molar-refractivity contribution in [2.75, 3.05) is 31.3 Å². The summed E-state index contributed by atoms with van der Waals surface area (Å²) >= 11 is 3.38. The molecule has 0 rings (SSSR count). The molecule has 0 atom stereocenters. The van der Waals surface area contributed by atoms with Crippen LogP contribution in [0, 0.1) is 5.41 Å². The molecule has 0 saturated heterocycles. The predicted octanol–water partition coefficient (Wildman–Crippen LogP) is 2.14. The van der Waals surface area contributed by atoms with Crippen LogP contribution < -0.4 is 4.72 Å². The second kappa shape index (κ2) is 8.45. The number of hydrogen-bond donors (Lipinski definition) is 1.